The Balaban J connectivity index is 1.48. The van der Waals surface area contributed by atoms with Gasteiger partial charge in [0.25, 0.3) is 0 Å². The third-order valence-corrected chi connectivity index (χ3v) is 6.90. The first-order valence-corrected chi connectivity index (χ1v) is 11.2. The van der Waals surface area contributed by atoms with Crippen molar-refractivity contribution in [2.24, 2.45) is 0 Å². The maximum Gasteiger partial charge on any atom is 0.330 e. The van der Waals surface area contributed by atoms with E-state index in [0.717, 1.165) is 35.3 Å². The van der Waals surface area contributed by atoms with E-state index < -0.39 is 11.2 Å². The zero-order chi connectivity index (χ0) is 22.5. The van der Waals surface area contributed by atoms with Gasteiger partial charge >= 0.3 is 7.48 Å². The zero-order valence-corrected chi connectivity index (χ0v) is 19.1. The molecule has 0 saturated heterocycles. The molecule has 1 heterocycles. The number of benzene rings is 3. The lowest BCUT2D eigenvalue weighted by Crippen LogP contribution is -2.49. The van der Waals surface area contributed by atoms with E-state index in [9.17, 15) is 5.11 Å². The van der Waals surface area contributed by atoms with E-state index in [1.54, 1.807) is 21.3 Å². The molecule has 32 heavy (non-hydrogen) atoms. The van der Waals surface area contributed by atoms with Gasteiger partial charge in [0.05, 0.1) is 16.9 Å². The molecule has 2 N–H and O–H groups in total. The van der Waals surface area contributed by atoms with Crippen molar-refractivity contribution in [3.8, 4) is 16.9 Å². The van der Waals surface area contributed by atoms with Crippen LogP contribution >= 0.6 is 0 Å². The summed E-state index contributed by atoms with van der Waals surface area (Å²) < 4.78 is 12.5. The predicted octanol–water partition coefficient (Wildman–Crippen LogP) is 4.77. The number of nitrogens with one attached hydrogen (secondary N) is 1. The van der Waals surface area contributed by atoms with Gasteiger partial charge in [-0.05, 0) is 63.3 Å². The van der Waals surface area contributed by atoms with Crippen molar-refractivity contribution in [2.45, 2.75) is 58.0 Å². The van der Waals surface area contributed by atoms with Crippen molar-refractivity contribution in [1.29, 1.82) is 0 Å². The molecule has 1 atom stereocenters. The molecule has 5 heteroatoms. The summed E-state index contributed by atoms with van der Waals surface area (Å²) in [4.78, 5) is 0. The van der Waals surface area contributed by atoms with Gasteiger partial charge in [0.1, 0.15) is 0 Å². The number of aryl methyl sites for hydroxylation is 2. The van der Waals surface area contributed by atoms with Gasteiger partial charge in [0.15, 0.2) is 12.0 Å². The molecule has 2 aliphatic rings. The number of hydrogen-bond donors (Lipinski definition) is 2. The maximum atomic E-state index is 10.4. The Morgan fingerprint density at radius 1 is 0.969 bits per heavy atom. The van der Waals surface area contributed by atoms with Gasteiger partial charge in [-0.15, -0.1) is 0 Å². The van der Waals surface area contributed by atoms with Crippen LogP contribution in [0.15, 0.2) is 60.7 Å². The minimum absolute atomic E-state index is 0.186. The fourth-order valence-electron chi connectivity index (χ4n) is 4.18. The Kier molecular flexibility index (Phi) is 5.07. The van der Waals surface area contributed by atoms with Gasteiger partial charge in [0, 0.05) is 11.1 Å². The van der Waals surface area contributed by atoms with Crippen LogP contribution in [0.3, 0.4) is 0 Å². The van der Waals surface area contributed by atoms with E-state index in [1.165, 1.54) is 22.3 Å². The lowest BCUT2D eigenvalue weighted by molar-refractivity contribution is -0.0893. The molecule has 4 nitrogen and oxygen atoms in total. The molecule has 0 amide bonds. The Labute approximate surface area is 190 Å². The van der Waals surface area contributed by atoms with Crippen LogP contribution in [0, 0.1) is 0 Å². The lowest BCUT2D eigenvalue weighted by Gasteiger charge is -2.37. The molecule has 1 radical (unpaired) electrons. The van der Waals surface area contributed by atoms with Crippen molar-refractivity contribution >= 4 is 18.6 Å². The molecule has 1 aliphatic carbocycles. The van der Waals surface area contributed by atoms with Crippen molar-refractivity contribution in [1.82, 2.24) is 0 Å². The van der Waals surface area contributed by atoms with Crippen molar-refractivity contribution in [3.05, 3.63) is 77.4 Å². The number of fused-ring (bicyclic) bond motifs is 5. The largest absolute Gasteiger partial charge is 0.464 e. The third kappa shape index (κ3) is 3.70. The standard InChI is InChI=1S/C27H29BNO3/c1-26(2,30)27(3,4)32-28-20-14-12-17-10-11-18-13-15-22-24(23(18)21(17)16-20)31-25(29-22)19-8-6-5-7-9-19/h5-9,12-16,25,29-30H,10-11H2,1-4H3. The molecule has 1 unspecified atom stereocenters. The number of ether oxygens (including phenoxy) is 1. The monoisotopic (exact) mass is 426 g/mol. The Morgan fingerprint density at radius 3 is 2.44 bits per heavy atom. The van der Waals surface area contributed by atoms with Gasteiger partial charge in [0.2, 0.25) is 0 Å². The summed E-state index contributed by atoms with van der Waals surface area (Å²) in [7, 11) is 1.75. The molecule has 1 aliphatic heterocycles. The number of rotatable bonds is 5. The van der Waals surface area contributed by atoms with Crippen LogP contribution in [0.2, 0.25) is 0 Å². The second-order valence-electron chi connectivity index (χ2n) is 9.75. The van der Waals surface area contributed by atoms with E-state index in [1.807, 2.05) is 32.0 Å². The highest BCUT2D eigenvalue weighted by Crippen LogP contribution is 2.49. The average molecular weight is 426 g/mol. The van der Waals surface area contributed by atoms with Crippen LogP contribution in [0.25, 0.3) is 11.1 Å². The first-order valence-electron chi connectivity index (χ1n) is 11.2. The summed E-state index contributed by atoms with van der Waals surface area (Å²) in [5.74, 6) is 0.923. The van der Waals surface area contributed by atoms with E-state index in [4.69, 9.17) is 9.39 Å². The highest BCUT2D eigenvalue weighted by Gasteiger charge is 2.36. The minimum Gasteiger partial charge on any atom is -0.464 e. The van der Waals surface area contributed by atoms with Gasteiger partial charge in [-0.25, -0.2) is 0 Å². The Bertz CT molecular complexity index is 1150. The molecule has 0 saturated carbocycles. The van der Waals surface area contributed by atoms with Crippen molar-refractivity contribution in [3.63, 3.8) is 0 Å². The number of aliphatic hydroxyl groups is 1. The Hall–Kier alpha value is -2.76. The second kappa shape index (κ2) is 7.68. The smallest absolute Gasteiger partial charge is 0.330 e. The van der Waals surface area contributed by atoms with E-state index in [0.29, 0.717) is 0 Å². The molecule has 3 aromatic carbocycles. The minimum atomic E-state index is -0.961. The Morgan fingerprint density at radius 2 is 1.69 bits per heavy atom. The summed E-state index contributed by atoms with van der Waals surface area (Å²) in [6.45, 7) is 7.32. The van der Waals surface area contributed by atoms with Gasteiger partial charge in [-0.3, -0.25) is 0 Å². The van der Waals surface area contributed by atoms with Crippen molar-refractivity contribution in [2.75, 3.05) is 5.32 Å². The summed E-state index contributed by atoms with van der Waals surface area (Å²) in [5, 5.41) is 13.9. The molecule has 5 rings (SSSR count). The SMILES string of the molecule is CC(C)(O)C(C)(C)O[B]c1ccc2c(c1)-c1c(ccc3c1OC(c1ccccc1)N3)CC2. The zero-order valence-electron chi connectivity index (χ0n) is 19.1. The van der Waals surface area contributed by atoms with E-state index in [-0.39, 0.29) is 6.23 Å². The fraction of sp³-hybridized carbons (Fsp3) is 0.333. The summed E-state index contributed by atoms with van der Waals surface area (Å²) in [6.07, 6.45) is 1.82. The molecule has 0 bridgehead atoms. The molecule has 0 fully saturated rings. The van der Waals surface area contributed by atoms with Gasteiger partial charge in [-0.2, -0.15) is 0 Å². The topological polar surface area (TPSA) is 50.7 Å². The second-order valence-corrected chi connectivity index (χ2v) is 9.75. The molecule has 0 aromatic heterocycles. The van der Waals surface area contributed by atoms with Crippen LogP contribution in [-0.2, 0) is 17.5 Å². The molecule has 163 valence electrons. The van der Waals surface area contributed by atoms with Crippen LogP contribution in [-0.4, -0.2) is 23.8 Å². The molecular weight excluding hydrogens is 397 g/mol. The molecule has 0 spiro atoms. The summed E-state index contributed by atoms with van der Waals surface area (Å²) in [6, 6.07) is 21.0. The lowest BCUT2D eigenvalue weighted by atomic mass is 9.78. The van der Waals surface area contributed by atoms with Crippen LogP contribution < -0.4 is 15.5 Å². The predicted molar refractivity (Wildman–Crippen MR) is 130 cm³/mol. The first kappa shape index (κ1) is 21.1. The molecular formula is C27H29BNO3. The van der Waals surface area contributed by atoms with Gasteiger partial charge in [-0.1, -0.05) is 60.1 Å². The first-order chi connectivity index (χ1) is 15.2. The summed E-state index contributed by atoms with van der Waals surface area (Å²) in [5.41, 5.74) is 6.42. The average Bonchev–Trinajstić information content (AvgIpc) is 3.21. The maximum absolute atomic E-state index is 10.4. The highest BCUT2D eigenvalue weighted by atomic mass is 16.5. The van der Waals surface area contributed by atoms with Crippen LogP contribution in [0.1, 0.15) is 50.6 Å². The van der Waals surface area contributed by atoms with Crippen molar-refractivity contribution < 1.29 is 14.5 Å². The highest BCUT2D eigenvalue weighted by molar-refractivity contribution is 6.47. The number of anilines is 1. The normalized spacial score (nSPS) is 17.0. The van der Waals surface area contributed by atoms with Gasteiger partial charge < -0.3 is 19.8 Å². The van der Waals surface area contributed by atoms with Crippen LogP contribution in [0.5, 0.6) is 5.75 Å². The molecule has 3 aromatic rings. The van der Waals surface area contributed by atoms with E-state index >= 15 is 0 Å². The summed E-state index contributed by atoms with van der Waals surface area (Å²) >= 11 is 0. The van der Waals surface area contributed by atoms with Crippen LogP contribution in [0.4, 0.5) is 5.69 Å². The quantitative estimate of drug-likeness (QED) is 0.578. The van der Waals surface area contributed by atoms with E-state index in [2.05, 4.69) is 47.8 Å². The fourth-order valence-corrected chi connectivity index (χ4v) is 4.18. The third-order valence-electron chi connectivity index (χ3n) is 6.90. The number of hydrogen-bond acceptors (Lipinski definition) is 4.